The van der Waals surface area contributed by atoms with Crippen LogP contribution in [0.2, 0.25) is 0 Å². The molecule has 3 rings (SSSR count). The molecule has 10 heteroatoms. The molecule has 0 saturated heterocycles. The van der Waals surface area contributed by atoms with Gasteiger partial charge in [-0.3, -0.25) is 14.4 Å². The largest absolute Gasteiger partial charge is 0.363 e. The first-order valence-electron chi connectivity index (χ1n) is 7.64. The summed E-state index contributed by atoms with van der Waals surface area (Å²) in [6.07, 6.45) is 6.06. The fraction of sp³-hybridized carbons (Fsp3) is 0.125. The Morgan fingerprint density at radius 3 is 2.65 bits per heavy atom. The number of aromatic nitrogens is 5. The lowest BCUT2D eigenvalue weighted by molar-refractivity contribution is -0.137. The number of nitrogens with one attached hydrogen (secondary N) is 2. The molecular weight excluding hydrogens is 338 g/mol. The highest BCUT2D eigenvalue weighted by molar-refractivity contribution is 6.38. The van der Waals surface area contributed by atoms with Crippen LogP contribution in [0, 0.1) is 0 Å². The molecule has 0 spiro atoms. The van der Waals surface area contributed by atoms with Gasteiger partial charge in [0.2, 0.25) is 5.78 Å². The molecule has 3 aromatic heterocycles. The van der Waals surface area contributed by atoms with Crippen LogP contribution < -0.4 is 11.1 Å². The number of rotatable bonds is 7. The third-order valence-corrected chi connectivity index (χ3v) is 3.56. The van der Waals surface area contributed by atoms with E-state index in [-0.39, 0.29) is 12.1 Å². The Labute approximate surface area is 147 Å². The number of carbonyl (C=O) groups excluding carboxylic acids is 3. The van der Waals surface area contributed by atoms with E-state index in [4.69, 9.17) is 5.73 Å². The maximum Gasteiger partial charge on any atom is 0.287 e. The minimum atomic E-state index is -1.15. The third kappa shape index (κ3) is 3.64. The van der Waals surface area contributed by atoms with E-state index < -0.39 is 23.6 Å². The highest BCUT2D eigenvalue weighted by Crippen LogP contribution is 2.08. The number of aromatic amines is 1. The second-order valence-corrected chi connectivity index (χ2v) is 5.31. The number of amides is 2. The number of hydrogen-bond acceptors (Lipinski definition) is 6. The zero-order chi connectivity index (χ0) is 18.5. The van der Waals surface area contributed by atoms with Gasteiger partial charge >= 0.3 is 0 Å². The zero-order valence-electron chi connectivity index (χ0n) is 13.5. The van der Waals surface area contributed by atoms with Crippen molar-refractivity contribution in [3.63, 3.8) is 0 Å². The van der Waals surface area contributed by atoms with Gasteiger partial charge in [0.05, 0.1) is 6.20 Å². The second-order valence-electron chi connectivity index (χ2n) is 5.31. The molecule has 0 radical (unpaired) electrons. The SMILES string of the molecule is NC(=O)C(=O)C(Cc1ncc[nH]1)NC(=O)c1ccnn1-c1ccccn1. The predicted octanol–water partition coefficient (Wildman–Crippen LogP) is -0.614. The number of H-pyrrole nitrogens is 1. The molecule has 0 aromatic carbocycles. The average Bonchev–Trinajstić information content (AvgIpc) is 3.32. The van der Waals surface area contributed by atoms with Crippen LogP contribution in [0.25, 0.3) is 5.82 Å². The number of nitrogens with zero attached hydrogens (tertiary/aromatic N) is 4. The Balaban J connectivity index is 1.83. The van der Waals surface area contributed by atoms with Gasteiger partial charge in [-0.05, 0) is 18.2 Å². The summed E-state index contributed by atoms with van der Waals surface area (Å²) in [6, 6.07) is 5.49. The second kappa shape index (κ2) is 7.38. The van der Waals surface area contributed by atoms with Crippen LogP contribution in [-0.2, 0) is 16.0 Å². The first-order valence-corrected chi connectivity index (χ1v) is 7.64. The molecule has 0 aliphatic rings. The van der Waals surface area contributed by atoms with Crippen molar-refractivity contribution in [1.29, 1.82) is 0 Å². The summed E-state index contributed by atoms with van der Waals surface area (Å²) in [6.45, 7) is 0. The molecule has 0 fully saturated rings. The van der Waals surface area contributed by atoms with Gasteiger partial charge in [-0.25, -0.2) is 14.6 Å². The standard InChI is InChI=1S/C16H15N7O3/c17-15(25)14(24)10(9-12-18-7-8-19-12)22-16(26)11-4-6-21-23(11)13-3-1-2-5-20-13/h1-8,10H,9H2,(H2,17,25)(H,18,19)(H,22,26). The molecule has 1 unspecified atom stereocenters. The number of hydrogen-bond donors (Lipinski definition) is 3. The van der Waals surface area contributed by atoms with Crippen molar-refractivity contribution in [1.82, 2.24) is 30.0 Å². The monoisotopic (exact) mass is 353 g/mol. The Bertz CT molecular complexity index is 918. The molecule has 1 atom stereocenters. The topological polar surface area (TPSA) is 149 Å². The van der Waals surface area contributed by atoms with Crippen LogP contribution in [0.15, 0.2) is 49.1 Å². The van der Waals surface area contributed by atoms with Crippen LogP contribution in [-0.4, -0.2) is 48.4 Å². The molecule has 0 aliphatic heterocycles. The summed E-state index contributed by atoms with van der Waals surface area (Å²) in [5.74, 6) is -1.78. The van der Waals surface area contributed by atoms with E-state index in [0.717, 1.165) is 0 Å². The van der Waals surface area contributed by atoms with Crippen molar-refractivity contribution in [2.45, 2.75) is 12.5 Å². The molecule has 3 heterocycles. The van der Waals surface area contributed by atoms with Crippen molar-refractivity contribution in [2.75, 3.05) is 0 Å². The summed E-state index contributed by atoms with van der Waals surface area (Å²) in [4.78, 5) is 46.9. The maximum absolute atomic E-state index is 12.6. The molecule has 4 N–H and O–H groups in total. The Morgan fingerprint density at radius 2 is 2.00 bits per heavy atom. The normalized spacial score (nSPS) is 11.7. The number of imidazole rings is 1. The molecule has 26 heavy (non-hydrogen) atoms. The van der Waals surface area contributed by atoms with E-state index in [1.807, 2.05) is 0 Å². The van der Waals surface area contributed by atoms with E-state index in [1.54, 1.807) is 30.6 Å². The van der Waals surface area contributed by atoms with Crippen molar-refractivity contribution >= 4 is 17.6 Å². The van der Waals surface area contributed by atoms with Gasteiger partial charge < -0.3 is 16.0 Å². The van der Waals surface area contributed by atoms with Gasteiger partial charge in [-0.2, -0.15) is 5.10 Å². The lowest BCUT2D eigenvalue weighted by Gasteiger charge is -2.15. The smallest absolute Gasteiger partial charge is 0.287 e. The Morgan fingerprint density at radius 1 is 1.15 bits per heavy atom. The average molecular weight is 353 g/mol. The van der Waals surface area contributed by atoms with E-state index in [0.29, 0.717) is 11.6 Å². The van der Waals surface area contributed by atoms with Crippen LogP contribution in [0.4, 0.5) is 0 Å². The zero-order valence-corrected chi connectivity index (χ0v) is 13.5. The van der Waals surface area contributed by atoms with Crippen LogP contribution in [0.1, 0.15) is 16.3 Å². The lowest BCUT2D eigenvalue weighted by atomic mass is 10.1. The maximum atomic E-state index is 12.6. The predicted molar refractivity (Wildman–Crippen MR) is 89.1 cm³/mol. The molecule has 3 aromatic rings. The molecule has 10 nitrogen and oxygen atoms in total. The quantitative estimate of drug-likeness (QED) is 0.482. The van der Waals surface area contributed by atoms with Gasteiger partial charge in [-0.1, -0.05) is 6.07 Å². The summed E-state index contributed by atoms with van der Waals surface area (Å²) in [5, 5.41) is 6.58. The number of Topliss-reactive ketones (excluding diaryl/α,β-unsaturated/α-hetero) is 1. The first kappa shape index (κ1) is 17.0. The number of primary amides is 1. The van der Waals surface area contributed by atoms with Crippen molar-refractivity contribution in [3.05, 3.63) is 60.6 Å². The number of ketones is 1. The third-order valence-electron chi connectivity index (χ3n) is 3.56. The Hall–Kier alpha value is -3.82. The van der Waals surface area contributed by atoms with Crippen molar-refractivity contribution in [3.8, 4) is 5.82 Å². The first-order chi connectivity index (χ1) is 12.6. The highest BCUT2D eigenvalue weighted by Gasteiger charge is 2.27. The molecule has 132 valence electrons. The van der Waals surface area contributed by atoms with E-state index in [9.17, 15) is 14.4 Å². The fourth-order valence-electron chi connectivity index (χ4n) is 2.35. The van der Waals surface area contributed by atoms with Crippen molar-refractivity contribution < 1.29 is 14.4 Å². The van der Waals surface area contributed by atoms with Crippen LogP contribution in [0.5, 0.6) is 0 Å². The summed E-state index contributed by atoms with van der Waals surface area (Å²) >= 11 is 0. The minimum absolute atomic E-state index is 0.00175. The number of carbonyl (C=O) groups is 3. The lowest BCUT2D eigenvalue weighted by Crippen LogP contribution is -2.47. The number of nitrogens with two attached hydrogens (primary N) is 1. The summed E-state index contributed by atoms with van der Waals surface area (Å²) < 4.78 is 1.33. The van der Waals surface area contributed by atoms with Crippen LogP contribution >= 0.6 is 0 Å². The minimum Gasteiger partial charge on any atom is -0.363 e. The van der Waals surface area contributed by atoms with E-state index in [2.05, 4.69) is 25.4 Å². The van der Waals surface area contributed by atoms with Gasteiger partial charge in [-0.15, -0.1) is 0 Å². The van der Waals surface area contributed by atoms with E-state index in [1.165, 1.54) is 23.1 Å². The van der Waals surface area contributed by atoms with Gasteiger partial charge in [0, 0.05) is 25.0 Å². The number of pyridine rings is 1. The van der Waals surface area contributed by atoms with Crippen LogP contribution in [0.3, 0.4) is 0 Å². The molecule has 0 aliphatic carbocycles. The molecule has 2 amide bonds. The molecular formula is C16H15N7O3. The summed E-state index contributed by atoms with van der Waals surface area (Å²) in [5.41, 5.74) is 5.24. The van der Waals surface area contributed by atoms with Crippen molar-refractivity contribution in [2.24, 2.45) is 5.73 Å². The van der Waals surface area contributed by atoms with Gasteiger partial charge in [0.1, 0.15) is 17.6 Å². The van der Waals surface area contributed by atoms with E-state index >= 15 is 0 Å². The summed E-state index contributed by atoms with van der Waals surface area (Å²) in [7, 11) is 0. The Kier molecular flexibility index (Phi) is 4.83. The van der Waals surface area contributed by atoms with Gasteiger partial charge in [0.25, 0.3) is 11.8 Å². The highest BCUT2D eigenvalue weighted by atomic mass is 16.2. The molecule has 0 bridgehead atoms. The van der Waals surface area contributed by atoms with Gasteiger partial charge in [0.15, 0.2) is 5.82 Å². The molecule has 0 saturated carbocycles. The fourth-order valence-corrected chi connectivity index (χ4v) is 2.35.